The highest BCUT2D eigenvalue weighted by Gasteiger charge is 2.55. The SMILES string of the molecule is O=P(O)(O)OCC1(O)O[C@H](CS(=O)(=O)O)[C@@H](O)[C@@H]1O. The van der Waals surface area contributed by atoms with Crippen molar-refractivity contribution in [1.29, 1.82) is 0 Å². The average Bonchev–Trinajstić information content (AvgIpc) is 2.38. The van der Waals surface area contributed by atoms with E-state index in [0.717, 1.165) is 0 Å². The van der Waals surface area contributed by atoms with E-state index in [1.54, 1.807) is 0 Å². The van der Waals surface area contributed by atoms with Crippen LogP contribution in [0.5, 0.6) is 0 Å². The first kappa shape index (κ1) is 16.9. The van der Waals surface area contributed by atoms with E-state index < -0.39 is 54.4 Å². The number of phosphoric ester groups is 1. The fraction of sp³-hybridized carbons (Fsp3) is 1.00. The summed E-state index contributed by atoms with van der Waals surface area (Å²) in [5.74, 6) is -3.83. The minimum atomic E-state index is -4.97. The van der Waals surface area contributed by atoms with E-state index in [1.807, 2.05) is 0 Å². The van der Waals surface area contributed by atoms with Gasteiger partial charge in [0.1, 0.15) is 30.7 Å². The second-order valence-electron chi connectivity index (χ2n) is 3.95. The van der Waals surface area contributed by atoms with Gasteiger partial charge in [0.2, 0.25) is 5.79 Å². The Hall–Kier alpha value is -0.140. The third kappa shape index (κ3) is 4.72. The van der Waals surface area contributed by atoms with Crippen LogP contribution in [0.2, 0.25) is 0 Å². The van der Waals surface area contributed by atoms with Crippen molar-refractivity contribution in [2.24, 2.45) is 0 Å². The maximum absolute atomic E-state index is 10.6. The Morgan fingerprint density at radius 2 is 1.84 bits per heavy atom. The Morgan fingerprint density at radius 1 is 1.32 bits per heavy atom. The molecule has 13 heteroatoms. The van der Waals surface area contributed by atoms with Crippen LogP contribution in [0.25, 0.3) is 0 Å². The van der Waals surface area contributed by atoms with E-state index in [1.165, 1.54) is 0 Å². The zero-order valence-corrected chi connectivity index (χ0v) is 10.9. The molecular weight excluding hydrogens is 311 g/mol. The number of ether oxygens (including phenoxy) is 1. The van der Waals surface area contributed by atoms with Gasteiger partial charge in [-0.25, -0.2) is 4.57 Å². The molecule has 1 saturated heterocycles. The summed E-state index contributed by atoms with van der Waals surface area (Å²) < 4.78 is 48.8. The van der Waals surface area contributed by atoms with Crippen molar-refractivity contribution >= 4 is 17.9 Å². The molecule has 1 fully saturated rings. The zero-order valence-electron chi connectivity index (χ0n) is 9.23. The van der Waals surface area contributed by atoms with Crippen molar-refractivity contribution in [1.82, 2.24) is 0 Å². The van der Waals surface area contributed by atoms with Gasteiger partial charge in [0.15, 0.2) is 0 Å². The maximum atomic E-state index is 10.6. The van der Waals surface area contributed by atoms with Crippen LogP contribution in [-0.4, -0.2) is 74.5 Å². The van der Waals surface area contributed by atoms with Gasteiger partial charge in [-0.2, -0.15) is 8.42 Å². The van der Waals surface area contributed by atoms with Crippen LogP contribution in [0.15, 0.2) is 0 Å². The van der Waals surface area contributed by atoms with Gasteiger partial charge in [-0.15, -0.1) is 0 Å². The van der Waals surface area contributed by atoms with Crippen LogP contribution < -0.4 is 0 Å². The van der Waals surface area contributed by atoms with Crippen LogP contribution in [-0.2, 0) is 23.9 Å². The number of aliphatic hydroxyl groups is 3. The van der Waals surface area contributed by atoms with E-state index in [-0.39, 0.29) is 0 Å². The summed E-state index contributed by atoms with van der Waals surface area (Å²) in [6, 6.07) is 0. The average molecular weight is 324 g/mol. The number of rotatable bonds is 5. The number of hydrogen-bond acceptors (Lipinski definition) is 8. The van der Waals surface area contributed by atoms with E-state index >= 15 is 0 Å². The summed E-state index contributed by atoms with van der Waals surface area (Å²) in [6.45, 7) is -1.21. The lowest BCUT2D eigenvalue weighted by atomic mass is 10.1. The zero-order chi connectivity index (χ0) is 15.1. The first-order chi connectivity index (χ1) is 8.34. The Labute approximate surface area is 107 Å². The molecule has 0 aromatic carbocycles. The molecule has 19 heavy (non-hydrogen) atoms. The number of aliphatic hydroxyl groups excluding tert-OH is 2. The van der Waals surface area contributed by atoms with Gasteiger partial charge in [0, 0.05) is 0 Å². The van der Waals surface area contributed by atoms with Crippen LogP contribution in [0.1, 0.15) is 0 Å². The second-order valence-corrected chi connectivity index (χ2v) is 6.69. The van der Waals surface area contributed by atoms with Crippen LogP contribution in [0.3, 0.4) is 0 Å². The highest BCUT2D eigenvalue weighted by atomic mass is 32.2. The fourth-order valence-corrected chi connectivity index (χ4v) is 2.54. The third-order valence-corrected chi connectivity index (χ3v) is 3.55. The smallest absolute Gasteiger partial charge is 0.387 e. The lowest BCUT2D eigenvalue weighted by Gasteiger charge is -2.25. The summed E-state index contributed by atoms with van der Waals surface area (Å²) in [5.41, 5.74) is 0. The molecule has 1 aliphatic heterocycles. The van der Waals surface area contributed by atoms with E-state index in [0.29, 0.717) is 0 Å². The van der Waals surface area contributed by atoms with Gasteiger partial charge in [-0.05, 0) is 0 Å². The van der Waals surface area contributed by atoms with Crippen LogP contribution in [0, 0.1) is 0 Å². The van der Waals surface area contributed by atoms with Crippen molar-refractivity contribution in [3.8, 4) is 0 Å². The Balaban J connectivity index is 2.79. The molecule has 0 radical (unpaired) electrons. The summed E-state index contributed by atoms with van der Waals surface area (Å²) in [6.07, 6.45) is -5.66. The van der Waals surface area contributed by atoms with Gasteiger partial charge < -0.3 is 29.8 Å². The van der Waals surface area contributed by atoms with Gasteiger partial charge in [0.25, 0.3) is 10.1 Å². The number of hydrogen-bond donors (Lipinski definition) is 6. The van der Waals surface area contributed by atoms with Crippen LogP contribution >= 0.6 is 7.82 Å². The Morgan fingerprint density at radius 3 is 2.26 bits per heavy atom. The molecule has 0 saturated carbocycles. The highest BCUT2D eigenvalue weighted by molar-refractivity contribution is 7.85. The second kappa shape index (κ2) is 5.33. The first-order valence-corrected chi connectivity index (χ1v) is 7.89. The van der Waals surface area contributed by atoms with Crippen molar-refractivity contribution in [3.05, 3.63) is 0 Å². The molecule has 0 amide bonds. The quantitative estimate of drug-likeness (QED) is 0.220. The standard InChI is InChI=1S/C6H13O11PS/c7-4-3(1-19(13,14)15)17-6(9,5(4)8)2-16-18(10,11)12/h3-5,7-9H,1-2H2,(H2,10,11,12)(H,13,14,15)/t3-,4-,5+,6?/m1/s1. The Kier molecular flexibility index (Phi) is 4.75. The van der Waals surface area contributed by atoms with E-state index in [9.17, 15) is 28.3 Å². The molecule has 1 rings (SSSR count). The molecule has 1 aliphatic rings. The minimum Gasteiger partial charge on any atom is -0.387 e. The lowest BCUT2D eigenvalue weighted by Crippen LogP contribution is -2.46. The molecule has 1 heterocycles. The third-order valence-electron chi connectivity index (χ3n) is 2.34. The van der Waals surface area contributed by atoms with Gasteiger partial charge in [-0.3, -0.25) is 9.08 Å². The maximum Gasteiger partial charge on any atom is 0.469 e. The van der Waals surface area contributed by atoms with Crippen LogP contribution in [0.4, 0.5) is 0 Å². The molecule has 0 bridgehead atoms. The van der Waals surface area contributed by atoms with Crippen molar-refractivity contribution < 1.29 is 51.9 Å². The summed E-state index contributed by atoms with van der Waals surface area (Å²) >= 11 is 0. The van der Waals surface area contributed by atoms with Crippen molar-refractivity contribution in [3.63, 3.8) is 0 Å². The molecule has 0 aromatic rings. The summed E-state index contributed by atoms with van der Waals surface area (Å²) in [4.78, 5) is 16.9. The molecule has 0 spiro atoms. The molecule has 0 aromatic heterocycles. The summed E-state index contributed by atoms with van der Waals surface area (Å²) in [7, 11) is -9.53. The molecule has 4 atom stereocenters. The predicted octanol–water partition coefficient (Wildman–Crippen LogP) is -3.21. The molecular formula is C6H13O11PS. The fourth-order valence-electron chi connectivity index (χ4n) is 1.51. The molecule has 0 aliphatic carbocycles. The predicted molar refractivity (Wildman–Crippen MR) is 56.2 cm³/mol. The van der Waals surface area contributed by atoms with Gasteiger partial charge in [-0.1, -0.05) is 0 Å². The van der Waals surface area contributed by atoms with Gasteiger partial charge >= 0.3 is 7.82 Å². The minimum absolute atomic E-state index is 1.12. The molecule has 114 valence electrons. The monoisotopic (exact) mass is 324 g/mol. The topological polar surface area (TPSA) is 191 Å². The van der Waals surface area contributed by atoms with E-state index in [2.05, 4.69) is 9.26 Å². The molecule has 1 unspecified atom stereocenters. The number of phosphoric acid groups is 1. The van der Waals surface area contributed by atoms with Crippen molar-refractivity contribution in [2.45, 2.75) is 24.1 Å². The van der Waals surface area contributed by atoms with Gasteiger partial charge in [0.05, 0.1) is 0 Å². The Bertz CT molecular complexity index is 470. The van der Waals surface area contributed by atoms with Crippen molar-refractivity contribution in [2.75, 3.05) is 12.4 Å². The highest BCUT2D eigenvalue weighted by Crippen LogP contribution is 2.39. The largest absolute Gasteiger partial charge is 0.469 e. The normalized spacial score (nSPS) is 36.6. The summed E-state index contributed by atoms with van der Waals surface area (Å²) in [5, 5.41) is 28.6. The van der Waals surface area contributed by atoms with E-state index in [4.69, 9.17) is 14.3 Å². The first-order valence-electron chi connectivity index (χ1n) is 4.76. The molecule has 11 nitrogen and oxygen atoms in total. The molecule has 6 N–H and O–H groups in total. The lowest BCUT2D eigenvalue weighted by molar-refractivity contribution is -0.241.